The van der Waals surface area contributed by atoms with E-state index in [-0.39, 0.29) is 0 Å². The summed E-state index contributed by atoms with van der Waals surface area (Å²) in [6, 6.07) is 0. The lowest BCUT2D eigenvalue weighted by Crippen LogP contribution is -2.02. The first-order valence-corrected chi connectivity index (χ1v) is 1.67. The van der Waals surface area contributed by atoms with Gasteiger partial charge in [-0.2, -0.15) is 0 Å². The summed E-state index contributed by atoms with van der Waals surface area (Å²) in [6.45, 7) is 3.30. The molecule has 0 radical (unpaired) electrons. The standard InChI is InChI=1S/C4H6O.H4N2/c1-2-3-4-5;1-2/h2-5H,1H2;1-2H2. The number of rotatable bonds is 1. The predicted octanol–water partition coefficient (Wildman–Crippen LogP) is 0.0629. The van der Waals surface area contributed by atoms with Crippen molar-refractivity contribution in [3.05, 3.63) is 25.0 Å². The van der Waals surface area contributed by atoms with E-state index in [4.69, 9.17) is 5.11 Å². The Morgan fingerprint density at radius 2 is 1.86 bits per heavy atom. The number of nitrogens with two attached hydrogens (primary N) is 2. The van der Waals surface area contributed by atoms with Gasteiger partial charge in [0.05, 0.1) is 6.26 Å². The lowest BCUT2D eigenvalue weighted by molar-refractivity contribution is 0.474. The van der Waals surface area contributed by atoms with Crippen LogP contribution in [0.2, 0.25) is 0 Å². The average molecular weight is 102 g/mol. The van der Waals surface area contributed by atoms with Gasteiger partial charge in [-0.05, 0) is 6.08 Å². The maximum atomic E-state index is 7.81. The largest absolute Gasteiger partial charge is 0.516 e. The Morgan fingerprint density at radius 3 is 1.86 bits per heavy atom. The molecule has 0 bridgehead atoms. The molecule has 0 saturated heterocycles. The minimum atomic E-state index is 0.938. The Morgan fingerprint density at radius 1 is 1.43 bits per heavy atom. The Labute approximate surface area is 42.9 Å². The lowest BCUT2D eigenvalue weighted by Gasteiger charge is -1.58. The molecule has 0 saturated carbocycles. The summed E-state index contributed by atoms with van der Waals surface area (Å²) >= 11 is 0. The molecule has 0 aliphatic carbocycles. The first-order chi connectivity index (χ1) is 3.41. The molecule has 0 amide bonds. The summed E-state index contributed by atoms with van der Waals surface area (Å²) < 4.78 is 0. The maximum Gasteiger partial charge on any atom is 0.0791 e. The van der Waals surface area contributed by atoms with Gasteiger partial charge < -0.3 is 5.11 Å². The molecule has 0 aliphatic heterocycles. The second-order valence-electron chi connectivity index (χ2n) is 0.577. The first-order valence-electron chi connectivity index (χ1n) is 1.67. The van der Waals surface area contributed by atoms with E-state index in [1.165, 1.54) is 12.2 Å². The van der Waals surface area contributed by atoms with Crippen molar-refractivity contribution in [1.82, 2.24) is 0 Å². The van der Waals surface area contributed by atoms with Crippen molar-refractivity contribution < 1.29 is 5.11 Å². The third kappa shape index (κ3) is 37.0. The summed E-state index contributed by atoms with van der Waals surface area (Å²) in [7, 11) is 0. The molecule has 0 rings (SSSR count). The molecule has 0 unspecified atom stereocenters. The summed E-state index contributed by atoms with van der Waals surface area (Å²) in [6.07, 6.45) is 3.88. The normalized spacial score (nSPS) is 7.14. The predicted molar refractivity (Wildman–Crippen MR) is 30.3 cm³/mol. The van der Waals surface area contributed by atoms with Crippen LogP contribution in [-0.2, 0) is 0 Å². The van der Waals surface area contributed by atoms with E-state index in [9.17, 15) is 0 Å². The highest BCUT2D eigenvalue weighted by molar-refractivity contribution is 4.91. The molecular weight excluding hydrogens is 92.1 g/mol. The highest BCUT2D eigenvalue weighted by Gasteiger charge is 1.43. The number of aliphatic hydroxyl groups excluding tert-OH is 1. The van der Waals surface area contributed by atoms with Crippen molar-refractivity contribution >= 4 is 0 Å². The molecule has 0 aromatic rings. The third-order valence-electron chi connectivity index (χ3n) is 0.222. The van der Waals surface area contributed by atoms with Gasteiger partial charge in [0, 0.05) is 0 Å². The number of allylic oxidation sites excluding steroid dienone is 2. The fourth-order valence-electron chi connectivity index (χ4n) is 0.0609. The van der Waals surface area contributed by atoms with Crippen LogP contribution in [0, 0.1) is 0 Å². The molecular formula is C4H10N2O. The molecule has 7 heavy (non-hydrogen) atoms. The van der Waals surface area contributed by atoms with Crippen LogP contribution in [0.25, 0.3) is 0 Å². The molecule has 5 N–H and O–H groups in total. The molecule has 42 valence electrons. The van der Waals surface area contributed by atoms with Gasteiger partial charge >= 0.3 is 0 Å². The zero-order valence-electron chi connectivity index (χ0n) is 4.04. The molecule has 0 heterocycles. The van der Waals surface area contributed by atoms with Crippen LogP contribution in [-0.4, -0.2) is 5.11 Å². The van der Waals surface area contributed by atoms with Crippen LogP contribution in [0.1, 0.15) is 0 Å². The highest BCUT2D eigenvalue weighted by atomic mass is 16.2. The number of aliphatic hydroxyl groups is 1. The SMILES string of the molecule is C=CC=CO.NN. The first kappa shape index (κ1) is 9.50. The zero-order valence-corrected chi connectivity index (χ0v) is 4.04. The van der Waals surface area contributed by atoms with Crippen molar-refractivity contribution in [2.45, 2.75) is 0 Å². The van der Waals surface area contributed by atoms with Gasteiger partial charge in [0.25, 0.3) is 0 Å². The minimum Gasteiger partial charge on any atom is -0.516 e. The highest BCUT2D eigenvalue weighted by Crippen LogP contribution is 1.61. The van der Waals surface area contributed by atoms with E-state index in [1.54, 1.807) is 0 Å². The smallest absolute Gasteiger partial charge is 0.0791 e. The van der Waals surface area contributed by atoms with Gasteiger partial charge in [-0.1, -0.05) is 12.7 Å². The van der Waals surface area contributed by atoms with Crippen molar-refractivity contribution in [2.24, 2.45) is 11.7 Å². The Kier molecular flexibility index (Phi) is 25.7. The molecule has 3 nitrogen and oxygen atoms in total. The maximum absolute atomic E-state index is 7.81. The van der Waals surface area contributed by atoms with E-state index < -0.39 is 0 Å². The second-order valence-corrected chi connectivity index (χ2v) is 0.577. The van der Waals surface area contributed by atoms with E-state index in [1.807, 2.05) is 0 Å². The minimum absolute atomic E-state index is 0.938. The van der Waals surface area contributed by atoms with Crippen molar-refractivity contribution in [3.63, 3.8) is 0 Å². The average Bonchev–Trinajstić information content (AvgIpc) is 1.75. The molecule has 0 aromatic carbocycles. The fraction of sp³-hybridized carbons (Fsp3) is 0. The zero-order chi connectivity index (χ0) is 6.12. The van der Waals surface area contributed by atoms with Crippen LogP contribution in [0.5, 0.6) is 0 Å². The summed E-state index contributed by atoms with van der Waals surface area (Å²) in [5.41, 5.74) is 0. The summed E-state index contributed by atoms with van der Waals surface area (Å²) in [5, 5.41) is 7.81. The molecule has 0 spiro atoms. The number of hydrazine groups is 1. The molecule has 0 aromatic heterocycles. The Bertz CT molecular complexity index is 51.7. The van der Waals surface area contributed by atoms with Crippen LogP contribution in [0.4, 0.5) is 0 Å². The quantitative estimate of drug-likeness (QED) is 0.190. The van der Waals surface area contributed by atoms with E-state index >= 15 is 0 Å². The molecule has 0 fully saturated rings. The van der Waals surface area contributed by atoms with Gasteiger partial charge in [-0.15, -0.1) is 0 Å². The number of hydrogen-bond acceptors (Lipinski definition) is 3. The van der Waals surface area contributed by atoms with Gasteiger partial charge in [0.1, 0.15) is 0 Å². The van der Waals surface area contributed by atoms with Gasteiger partial charge in [-0.25, -0.2) is 0 Å². The third-order valence-corrected chi connectivity index (χ3v) is 0.222. The van der Waals surface area contributed by atoms with Crippen LogP contribution in [0.3, 0.4) is 0 Å². The summed E-state index contributed by atoms with van der Waals surface area (Å²) in [5.74, 6) is 8.00. The van der Waals surface area contributed by atoms with Gasteiger partial charge in [0.15, 0.2) is 0 Å². The van der Waals surface area contributed by atoms with Crippen LogP contribution >= 0.6 is 0 Å². The monoisotopic (exact) mass is 102 g/mol. The Balaban J connectivity index is 0. The summed E-state index contributed by atoms with van der Waals surface area (Å²) in [4.78, 5) is 0. The topological polar surface area (TPSA) is 72.3 Å². The van der Waals surface area contributed by atoms with E-state index in [0.717, 1.165) is 6.26 Å². The van der Waals surface area contributed by atoms with E-state index in [2.05, 4.69) is 18.3 Å². The van der Waals surface area contributed by atoms with Crippen molar-refractivity contribution in [1.29, 1.82) is 0 Å². The van der Waals surface area contributed by atoms with Gasteiger partial charge in [0.2, 0.25) is 0 Å². The van der Waals surface area contributed by atoms with Crippen molar-refractivity contribution in [3.8, 4) is 0 Å². The van der Waals surface area contributed by atoms with Crippen LogP contribution < -0.4 is 11.7 Å². The fourth-order valence-corrected chi connectivity index (χ4v) is 0.0609. The lowest BCUT2D eigenvalue weighted by atomic mass is 10.6. The molecule has 3 heteroatoms. The van der Waals surface area contributed by atoms with Crippen molar-refractivity contribution in [2.75, 3.05) is 0 Å². The molecule has 0 atom stereocenters. The van der Waals surface area contributed by atoms with Gasteiger partial charge in [-0.3, -0.25) is 11.7 Å². The Hall–Kier alpha value is -0.800. The van der Waals surface area contributed by atoms with E-state index in [0.29, 0.717) is 0 Å². The second kappa shape index (κ2) is 19.0. The van der Waals surface area contributed by atoms with Crippen LogP contribution in [0.15, 0.2) is 25.0 Å². The number of hydrogen-bond donors (Lipinski definition) is 3. The molecule has 0 aliphatic rings.